The number of hydrogen-bond acceptors (Lipinski definition) is 12. The van der Waals surface area contributed by atoms with E-state index in [9.17, 15) is 13.5 Å². The lowest BCUT2D eigenvalue weighted by atomic mass is 9.87. The number of halogens is 1. The maximum Gasteiger partial charge on any atom is 0.317 e. The Kier molecular flexibility index (Phi) is 10.8. The lowest BCUT2D eigenvalue weighted by Gasteiger charge is -2.20. The van der Waals surface area contributed by atoms with Crippen LogP contribution in [-0.2, 0) is 15.4 Å². The summed E-state index contributed by atoms with van der Waals surface area (Å²) in [6, 6.07) is 15.2. The highest BCUT2D eigenvalue weighted by Crippen LogP contribution is 2.41. The molecule has 4 rings (SSSR count). The molecular formula is C29H33BrN6O7S. The van der Waals surface area contributed by atoms with Gasteiger partial charge in [-0.05, 0) is 57.2 Å². The summed E-state index contributed by atoms with van der Waals surface area (Å²) in [5.41, 5.74) is 0.810. The zero-order valence-corrected chi connectivity index (χ0v) is 27.0. The summed E-state index contributed by atoms with van der Waals surface area (Å²) in [5.74, 6) is 0.176. The van der Waals surface area contributed by atoms with Gasteiger partial charge in [-0.1, -0.05) is 45.0 Å². The van der Waals surface area contributed by atoms with Gasteiger partial charge < -0.3 is 29.4 Å². The van der Waals surface area contributed by atoms with E-state index in [1.165, 1.54) is 25.4 Å². The Hall–Kier alpha value is -4.21. The second-order valence-electron chi connectivity index (χ2n) is 10.2. The molecule has 0 radical (unpaired) electrons. The van der Waals surface area contributed by atoms with Crippen LogP contribution in [0.1, 0.15) is 26.3 Å². The molecule has 3 N–H and O–H groups in total. The molecule has 2 aromatic carbocycles. The number of rotatable bonds is 14. The Balaban J connectivity index is 1.71. The third-order valence-corrected chi connectivity index (χ3v) is 7.72. The first-order chi connectivity index (χ1) is 21.0. The predicted octanol–water partition coefficient (Wildman–Crippen LogP) is 4.79. The van der Waals surface area contributed by atoms with E-state index in [0.29, 0.717) is 10.4 Å². The van der Waals surface area contributed by atoms with Crippen LogP contribution in [0.5, 0.6) is 29.1 Å². The van der Waals surface area contributed by atoms with Crippen LogP contribution in [0, 0.1) is 0 Å². The van der Waals surface area contributed by atoms with E-state index < -0.39 is 10.0 Å². The average Bonchev–Trinajstić information content (AvgIpc) is 2.99. The van der Waals surface area contributed by atoms with Gasteiger partial charge in [0.05, 0.1) is 18.6 Å². The zero-order valence-electron chi connectivity index (χ0n) is 24.6. The minimum absolute atomic E-state index is 0.0153. The summed E-state index contributed by atoms with van der Waals surface area (Å²) in [7, 11) is -2.68. The molecule has 13 nitrogen and oxygen atoms in total. The van der Waals surface area contributed by atoms with E-state index in [1.807, 2.05) is 20.8 Å². The fraction of sp³-hybridized carbons (Fsp3) is 0.310. The molecule has 234 valence electrons. The number of aliphatic hydroxyl groups is 1. The molecule has 0 aliphatic carbocycles. The number of aromatic nitrogens is 4. The number of methoxy groups -OCH3 is 1. The van der Waals surface area contributed by atoms with Crippen molar-refractivity contribution in [3.05, 3.63) is 71.0 Å². The molecule has 2 aromatic heterocycles. The van der Waals surface area contributed by atoms with Gasteiger partial charge in [0.2, 0.25) is 11.7 Å². The second-order valence-corrected chi connectivity index (χ2v) is 12.7. The molecule has 0 aliphatic heterocycles. The van der Waals surface area contributed by atoms with Crippen molar-refractivity contribution in [1.29, 1.82) is 0 Å². The van der Waals surface area contributed by atoms with Crippen LogP contribution in [0.15, 0.2) is 70.3 Å². The van der Waals surface area contributed by atoms with Crippen LogP contribution in [0.4, 0.5) is 11.8 Å². The molecule has 15 heteroatoms. The Morgan fingerprint density at radius 2 is 1.64 bits per heavy atom. The number of hydrogen-bond donors (Lipinski definition) is 3. The van der Waals surface area contributed by atoms with E-state index in [4.69, 9.17) is 18.9 Å². The smallest absolute Gasteiger partial charge is 0.317 e. The summed E-state index contributed by atoms with van der Waals surface area (Å²) in [6.07, 6.45) is 1.53. The number of benzene rings is 2. The summed E-state index contributed by atoms with van der Waals surface area (Å²) in [6.45, 7) is 5.96. The summed E-state index contributed by atoms with van der Waals surface area (Å²) >= 11 is 3.26. The van der Waals surface area contributed by atoms with Gasteiger partial charge in [-0.15, -0.1) is 0 Å². The second kappa shape index (κ2) is 14.5. The summed E-state index contributed by atoms with van der Waals surface area (Å²) in [4.78, 5) is 16.9. The summed E-state index contributed by atoms with van der Waals surface area (Å²) < 4.78 is 53.3. The SMILES string of the molecule is COc1ccccc1Oc1c(NS(=O)(=O)c2ccc(C(C)(C)C)cc2)nc(NCCO)nc1OCCOc1nccc(Br)n1. The van der Waals surface area contributed by atoms with Crippen LogP contribution < -0.4 is 29.0 Å². The first kappa shape index (κ1) is 32.7. The van der Waals surface area contributed by atoms with Gasteiger partial charge in [0, 0.05) is 12.7 Å². The third kappa shape index (κ3) is 8.67. The first-order valence-corrected chi connectivity index (χ1v) is 15.7. The molecule has 0 spiro atoms. The van der Waals surface area contributed by atoms with Crippen molar-refractivity contribution in [1.82, 2.24) is 19.9 Å². The molecule has 2 heterocycles. The van der Waals surface area contributed by atoms with Crippen molar-refractivity contribution in [3.8, 4) is 29.1 Å². The summed E-state index contributed by atoms with van der Waals surface area (Å²) in [5, 5.41) is 12.2. The van der Waals surface area contributed by atoms with Crippen molar-refractivity contribution in [3.63, 3.8) is 0 Å². The quantitative estimate of drug-likeness (QED) is 0.123. The van der Waals surface area contributed by atoms with Crippen molar-refractivity contribution in [2.24, 2.45) is 0 Å². The molecule has 0 atom stereocenters. The van der Waals surface area contributed by atoms with E-state index >= 15 is 0 Å². The highest BCUT2D eigenvalue weighted by molar-refractivity contribution is 9.10. The van der Waals surface area contributed by atoms with Gasteiger partial charge in [-0.25, -0.2) is 13.4 Å². The van der Waals surface area contributed by atoms with Crippen LogP contribution in [0.25, 0.3) is 0 Å². The first-order valence-electron chi connectivity index (χ1n) is 13.5. The number of nitrogens with zero attached hydrogens (tertiary/aromatic N) is 4. The van der Waals surface area contributed by atoms with Gasteiger partial charge in [-0.3, -0.25) is 4.72 Å². The maximum atomic E-state index is 13.6. The number of sulfonamides is 1. The van der Waals surface area contributed by atoms with E-state index in [0.717, 1.165) is 5.56 Å². The van der Waals surface area contributed by atoms with Gasteiger partial charge in [0.25, 0.3) is 15.9 Å². The number of para-hydroxylation sites is 2. The Morgan fingerprint density at radius 1 is 0.932 bits per heavy atom. The molecule has 0 saturated heterocycles. The van der Waals surface area contributed by atoms with E-state index in [2.05, 4.69) is 45.9 Å². The zero-order chi connectivity index (χ0) is 31.7. The molecule has 44 heavy (non-hydrogen) atoms. The number of ether oxygens (including phenoxy) is 4. The monoisotopic (exact) mass is 688 g/mol. The van der Waals surface area contributed by atoms with Gasteiger partial charge in [-0.2, -0.15) is 15.0 Å². The average molecular weight is 690 g/mol. The van der Waals surface area contributed by atoms with Crippen molar-refractivity contribution >= 4 is 37.7 Å². The number of nitrogens with one attached hydrogen (secondary N) is 2. The minimum atomic E-state index is -4.16. The molecule has 0 bridgehead atoms. The molecule has 0 amide bonds. The van der Waals surface area contributed by atoms with Crippen LogP contribution in [0.3, 0.4) is 0 Å². The van der Waals surface area contributed by atoms with Gasteiger partial charge >= 0.3 is 6.01 Å². The molecule has 4 aromatic rings. The molecule has 0 aliphatic rings. The van der Waals surface area contributed by atoms with Crippen molar-refractivity contribution in [2.45, 2.75) is 31.1 Å². The highest BCUT2D eigenvalue weighted by Gasteiger charge is 2.25. The fourth-order valence-corrected chi connectivity index (χ4v) is 5.00. The van der Waals surface area contributed by atoms with Crippen molar-refractivity contribution in [2.75, 3.05) is 43.5 Å². The van der Waals surface area contributed by atoms with E-state index in [-0.39, 0.29) is 71.8 Å². The Morgan fingerprint density at radius 3 is 2.30 bits per heavy atom. The topological polar surface area (TPSA) is 167 Å². The maximum absolute atomic E-state index is 13.6. The van der Waals surface area contributed by atoms with Crippen LogP contribution >= 0.6 is 15.9 Å². The molecular weight excluding hydrogens is 656 g/mol. The van der Waals surface area contributed by atoms with Crippen LogP contribution in [-0.4, -0.2) is 66.9 Å². The van der Waals surface area contributed by atoms with Crippen molar-refractivity contribution < 1.29 is 32.5 Å². The molecule has 0 saturated carbocycles. The molecule has 0 unspecified atom stereocenters. The Bertz CT molecular complexity index is 1670. The van der Waals surface area contributed by atoms with Crippen LogP contribution in [0.2, 0.25) is 0 Å². The highest BCUT2D eigenvalue weighted by atomic mass is 79.9. The third-order valence-electron chi connectivity index (χ3n) is 5.92. The minimum Gasteiger partial charge on any atom is -0.493 e. The normalized spacial score (nSPS) is 11.5. The standard InChI is InChI=1S/C29H33BrN6O7S/c1-29(2,3)19-9-11-20(12-10-19)44(38,39)36-25-24(43-22-8-6-5-7-21(22)40-4)26(35-27(34-25)31-15-16-37)41-17-18-42-28-32-14-13-23(30)33-28/h5-14,37H,15-18H2,1-4H3,(H2,31,34,35,36). The fourth-order valence-electron chi connectivity index (χ4n) is 3.73. The lowest BCUT2D eigenvalue weighted by molar-refractivity contribution is 0.197. The largest absolute Gasteiger partial charge is 0.493 e. The Labute approximate surface area is 264 Å². The number of anilines is 2. The molecule has 0 fully saturated rings. The predicted molar refractivity (Wildman–Crippen MR) is 167 cm³/mol. The number of aliphatic hydroxyl groups excluding tert-OH is 1. The van der Waals surface area contributed by atoms with Gasteiger partial charge in [0.15, 0.2) is 17.3 Å². The van der Waals surface area contributed by atoms with Gasteiger partial charge in [0.1, 0.15) is 17.8 Å². The lowest BCUT2D eigenvalue weighted by Crippen LogP contribution is -2.19. The van der Waals surface area contributed by atoms with E-state index in [1.54, 1.807) is 42.5 Å².